The van der Waals surface area contributed by atoms with Crippen molar-refractivity contribution in [3.05, 3.63) is 63.6 Å². The second-order valence-corrected chi connectivity index (χ2v) is 5.69. The Bertz CT molecular complexity index is 729. The fourth-order valence-corrected chi connectivity index (χ4v) is 2.60. The van der Waals surface area contributed by atoms with E-state index in [2.05, 4.69) is 15.9 Å². The molecule has 1 N–H and O–H groups in total. The highest BCUT2D eigenvalue weighted by Crippen LogP contribution is 2.33. The van der Waals surface area contributed by atoms with E-state index in [0.717, 1.165) is 6.07 Å². The van der Waals surface area contributed by atoms with Gasteiger partial charge in [0.25, 0.3) is 0 Å². The number of phenolic OH excluding ortho intramolecular Hbond substituents is 1. The third kappa shape index (κ3) is 4.25. The quantitative estimate of drug-likeness (QED) is 0.744. The summed E-state index contributed by atoms with van der Waals surface area (Å²) < 4.78 is 44.1. The molecule has 2 rings (SSSR count). The van der Waals surface area contributed by atoms with Crippen molar-refractivity contribution in [3.63, 3.8) is 0 Å². The van der Waals surface area contributed by atoms with Gasteiger partial charge in [0.1, 0.15) is 11.9 Å². The molecule has 0 aliphatic carbocycles. The third-order valence-electron chi connectivity index (χ3n) is 3.11. The van der Waals surface area contributed by atoms with Gasteiger partial charge in [0, 0.05) is 10.0 Å². The minimum absolute atomic E-state index is 0.365. The number of rotatable bonds is 3. The lowest BCUT2D eigenvalue weighted by Gasteiger charge is -2.16. The highest BCUT2D eigenvalue weighted by Gasteiger charge is 2.32. The molecule has 0 bridgehead atoms. The van der Waals surface area contributed by atoms with E-state index >= 15 is 0 Å². The Morgan fingerprint density at radius 1 is 1.22 bits per heavy atom. The summed E-state index contributed by atoms with van der Waals surface area (Å²) in [5, 5.41) is 9.39. The zero-order chi connectivity index (χ0) is 17.2. The van der Waals surface area contributed by atoms with Gasteiger partial charge in [-0.05, 0) is 31.2 Å². The summed E-state index contributed by atoms with van der Waals surface area (Å²) in [6.45, 7) is 1.60. The zero-order valence-electron chi connectivity index (χ0n) is 11.9. The minimum Gasteiger partial charge on any atom is -0.508 e. The normalized spacial score (nSPS) is 12.7. The standard InChI is InChI=1S/C16H12BrF3O3/c1-9(13-4-2-3-5-14(13)17)23-15(22)10-6-11(16(18,19)20)8-12(21)7-10/h2-9,21H,1H3. The SMILES string of the molecule is CC(OC(=O)c1cc(O)cc(C(F)(F)F)c1)c1ccccc1Br. The summed E-state index contributed by atoms with van der Waals surface area (Å²) >= 11 is 3.31. The number of benzene rings is 2. The summed E-state index contributed by atoms with van der Waals surface area (Å²) in [5.41, 5.74) is -0.800. The van der Waals surface area contributed by atoms with Crippen LogP contribution in [-0.4, -0.2) is 11.1 Å². The molecule has 0 amide bonds. The van der Waals surface area contributed by atoms with Crippen LogP contribution in [0.2, 0.25) is 0 Å². The van der Waals surface area contributed by atoms with Crippen LogP contribution in [0.4, 0.5) is 13.2 Å². The molecule has 7 heteroatoms. The molecule has 0 saturated carbocycles. The molecule has 0 spiro atoms. The van der Waals surface area contributed by atoms with Gasteiger partial charge in [0.05, 0.1) is 11.1 Å². The molecule has 1 unspecified atom stereocenters. The maximum Gasteiger partial charge on any atom is 0.416 e. The lowest BCUT2D eigenvalue weighted by Crippen LogP contribution is -2.12. The first-order valence-electron chi connectivity index (χ1n) is 6.55. The van der Waals surface area contributed by atoms with Crippen LogP contribution in [0.5, 0.6) is 5.75 Å². The number of ether oxygens (including phenoxy) is 1. The molecule has 2 aromatic carbocycles. The van der Waals surface area contributed by atoms with Crippen molar-refractivity contribution in [1.82, 2.24) is 0 Å². The summed E-state index contributed by atoms with van der Waals surface area (Å²) in [4.78, 5) is 12.1. The van der Waals surface area contributed by atoms with E-state index in [9.17, 15) is 23.1 Å². The number of aromatic hydroxyl groups is 1. The van der Waals surface area contributed by atoms with Gasteiger partial charge in [-0.15, -0.1) is 0 Å². The molecule has 0 fully saturated rings. The predicted octanol–water partition coefficient (Wildman–Crippen LogP) is 5.09. The van der Waals surface area contributed by atoms with Crippen molar-refractivity contribution < 1.29 is 27.8 Å². The van der Waals surface area contributed by atoms with Crippen molar-refractivity contribution >= 4 is 21.9 Å². The number of hydrogen-bond acceptors (Lipinski definition) is 3. The maximum atomic E-state index is 12.7. The largest absolute Gasteiger partial charge is 0.508 e. The molecular formula is C16H12BrF3O3. The van der Waals surface area contributed by atoms with Crippen molar-refractivity contribution in [1.29, 1.82) is 0 Å². The van der Waals surface area contributed by atoms with E-state index in [1.807, 2.05) is 0 Å². The average Bonchev–Trinajstić information content (AvgIpc) is 2.46. The smallest absolute Gasteiger partial charge is 0.416 e. The lowest BCUT2D eigenvalue weighted by molar-refractivity contribution is -0.137. The first-order valence-corrected chi connectivity index (χ1v) is 7.34. The van der Waals surface area contributed by atoms with E-state index in [1.54, 1.807) is 31.2 Å². The average molecular weight is 389 g/mol. The van der Waals surface area contributed by atoms with Crippen LogP contribution in [0.15, 0.2) is 46.9 Å². The summed E-state index contributed by atoms with van der Waals surface area (Å²) in [7, 11) is 0. The number of halogens is 4. The number of hydrogen-bond donors (Lipinski definition) is 1. The Hall–Kier alpha value is -2.02. The molecule has 23 heavy (non-hydrogen) atoms. The van der Waals surface area contributed by atoms with E-state index in [1.165, 1.54) is 0 Å². The minimum atomic E-state index is -4.66. The monoisotopic (exact) mass is 388 g/mol. The van der Waals surface area contributed by atoms with Crippen LogP contribution in [0, 0.1) is 0 Å². The number of alkyl halides is 3. The molecule has 1 atom stereocenters. The van der Waals surface area contributed by atoms with Gasteiger partial charge < -0.3 is 9.84 Å². The first-order chi connectivity index (χ1) is 10.7. The highest BCUT2D eigenvalue weighted by atomic mass is 79.9. The van der Waals surface area contributed by atoms with Crippen LogP contribution in [0.25, 0.3) is 0 Å². The second-order valence-electron chi connectivity index (χ2n) is 4.84. The molecule has 3 nitrogen and oxygen atoms in total. The van der Waals surface area contributed by atoms with Crippen molar-refractivity contribution in [3.8, 4) is 5.75 Å². The molecule has 0 saturated heterocycles. The zero-order valence-corrected chi connectivity index (χ0v) is 13.5. The molecule has 122 valence electrons. The molecule has 0 aromatic heterocycles. The van der Waals surface area contributed by atoms with Gasteiger partial charge in [0.15, 0.2) is 0 Å². The van der Waals surface area contributed by atoms with Crippen LogP contribution in [-0.2, 0) is 10.9 Å². The fourth-order valence-electron chi connectivity index (χ4n) is 1.99. The van der Waals surface area contributed by atoms with Gasteiger partial charge in [0.2, 0.25) is 0 Å². The third-order valence-corrected chi connectivity index (χ3v) is 3.83. The fraction of sp³-hybridized carbons (Fsp3) is 0.188. The van der Waals surface area contributed by atoms with Crippen molar-refractivity contribution in [2.75, 3.05) is 0 Å². The lowest BCUT2D eigenvalue weighted by atomic mass is 10.1. The molecule has 0 heterocycles. The number of esters is 1. The highest BCUT2D eigenvalue weighted by molar-refractivity contribution is 9.10. The molecule has 2 aromatic rings. The Morgan fingerprint density at radius 3 is 2.48 bits per heavy atom. The van der Waals surface area contributed by atoms with Crippen molar-refractivity contribution in [2.45, 2.75) is 19.2 Å². The molecule has 0 aliphatic heterocycles. The van der Waals surface area contributed by atoms with Crippen LogP contribution in [0.3, 0.4) is 0 Å². The van der Waals surface area contributed by atoms with Gasteiger partial charge in [-0.2, -0.15) is 13.2 Å². The van der Waals surface area contributed by atoms with E-state index in [4.69, 9.17) is 4.74 Å². The number of carbonyl (C=O) groups excluding carboxylic acids is 1. The Morgan fingerprint density at radius 2 is 1.87 bits per heavy atom. The number of carbonyl (C=O) groups is 1. The Kier molecular flexibility index (Phi) is 4.99. The number of phenols is 1. The second kappa shape index (κ2) is 6.62. The maximum absolute atomic E-state index is 12.7. The van der Waals surface area contributed by atoms with Crippen LogP contribution >= 0.6 is 15.9 Å². The van der Waals surface area contributed by atoms with Gasteiger partial charge in [-0.25, -0.2) is 4.79 Å². The molecule has 0 aliphatic rings. The van der Waals surface area contributed by atoms with E-state index in [0.29, 0.717) is 22.2 Å². The van der Waals surface area contributed by atoms with E-state index < -0.39 is 29.6 Å². The van der Waals surface area contributed by atoms with Gasteiger partial charge >= 0.3 is 12.1 Å². The summed E-state index contributed by atoms with van der Waals surface area (Å²) in [6.07, 6.45) is -5.34. The first kappa shape index (κ1) is 17.3. The van der Waals surface area contributed by atoms with Crippen molar-refractivity contribution in [2.24, 2.45) is 0 Å². The van der Waals surface area contributed by atoms with Crippen LogP contribution < -0.4 is 0 Å². The predicted molar refractivity (Wildman–Crippen MR) is 81.1 cm³/mol. The van der Waals surface area contributed by atoms with Crippen LogP contribution in [0.1, 0.15) is 34.5 Å². The topological polar surface area (TPSA) is 46.5 Å². The Balaban J connectivity index is 2.24. The van der Waals surface area contributed by atoms with Gasteiger partial charge in [-0.3, -0.25) is 0 Å². The Labute approximate surface area is 138 Å². The van der Waals surface area contributed by atoms with E-state index in [-0.39, 0.29) is 5.56 Å². The van der Waals surface area contributed by atoms with Gasteiger partial charge in [-0.1, -0.05) is 34.1 Å². The molecule has 0 radical (unpaired) electrons. The summed E-state index contributed by atoms with van der Waals surface area (Å²) in [5.74, 6) is -1.60. The summed E-state index contributed by atoms with van der Waals surface area (Å²) in [6, 6.07) is 9.15. The molecular weight excluding hydrogens is 377 g/mol.